The molecule has 0 saturated carbocycles. The Morgan fingerprint density at radius 1 is 1.75 bits per heavy atom. The van der Waals surface area contributed by atoms with Gasteiger partial charge in [0, 0.05) is 12.5 Å². The van der Waals surface area contributed by atoms with Crippen molar-refractivity contribution in [3.05, 3.63) is 0 Å². The number of ketones is 1. The minimum atomic E-state index is -0.0500. The molecule has 0 aliphatic heterocycles. The second kappa shape index (κ2) is 3.57. The van der Waals surface area contributed by atoms with Gasteiger partial charge in [-0.05, 0) is 6.92 Å². The highest BCUT2D eigenvalue weighted by atomic mass is 16.1. The molecule has 3 heteroatoms. The van der Waals surface area contributed by atoms with Crippen molar-refractivity contribution in [1.82, 2.24) is 0 Å². The van der Waals surface area contributed by atoms with Gasteiger partial charge in [0.15, 0.2) is 0 Å². The van der Waals surface area contributed by atoms with Crippen LogP contribution in [0.1, 0.15) is 13.3 Å². The Morgan fingerprint density at radius 2 is 2.25 bits per heavy atom. The molecule has 4 N–H and O–H groups in total. The number of rotatable bonds is 3. The molecule has 1 unspecified atom stereocenters. The molecule has 0 aromatic carbocycles. The highest BCUT2D eigenvalue weighted by Gasteiger charge is 2.00. The predicted molar refractivity (Wildman–Crippen MR) is 32.3 cm³/mol. The van der Waals surface area contributed by atoms with Crippen LogP contribution in [0.2, 0.25) is 0 Å². The van der Waals surface area contributed by atoms with Gasteiger partial charge in [0.2, 0.25) is 0 Å². The number of carbonyl (C=O) groups excluding carboxylic acids is 1. The third kappa shape index (κ3) is 3.77. The molecule has 0 rings (SSSR count). The summed E-state index contributed by atoms with van der Waals surface area (Å²) in [4.78, 5) is 10.4. The molecule has 0 bridgehead atoms. The number of carbonyl (C=O) groups is 1. The summed E-state index contributed by atoms with van der Waals surface area (Å²) in [5.74, 6) is 0.0278. The largest absolute Gasteiger partial charge is 0.328 e. The molecule has 48 valence electrons. The minimum Gasteiger partial charge on any atom is -0.328 e. The van der Waals surface area contributed by atoms with Gasteiger partial charge in [-0.15, -0.1) is 0 Å². The maximum absolute atomic E-state index is 10.4. The molecular weight excluding hydrogens is 104 g/mol. The molecule has 3 nitrogen and oxygen atoms in total. The predicted octanol–water partition coefficient (Wildman–Crippen LogP) is -0.748. The maximum atomic E-state index is 10.4. The fraction of sp³-hybridized carbons (Fsp3) is 0.800. The van der Waals surface area contributed by atoms with Gasteiger partial charge in [0.1, 0.15) is 5.78 Å². The first kappa shape index (κ1) is 7.59. The van der Waals surface area contributed by atoms with Crippen LogP contribution in [0, 0.1) is 0 Å². The van der Waals surface area contributed by atoms with E-state index >= 15 is 0 Å². The van der Waals surface area contributed by atoms with E-state index in [1.807, 2.05) is 0 Å². The lowest BCUT2D eigenvalue weighted by atomic mass is 10.2. The van der Waals surface area contributed by atoms with Gasteiger partial charge in [-0.1, -0.05) is 0 Å². The van der Waals surface area contributed by atoms with Crippen LogP contribution in [-0.2, 0) is 4.79 Å². The fourth-order valence-electron chi connectivity index (χ4n) is 0.442. The first-order valence-electron chi connectivity index (χ1n) is 2.64. The Morgan fingerprint density at radius 3 is 2.38 bits per heavy atom. The third-order valence-corrected chi connectivity index (χ3v) is 0.777. The van der Waals surface area contributed by atoms with Gasteiger partial charge in [-0.25, -0.2) is 0 Å². The van der Waals surface area contributed by atoms with Gasteiger partial charge in [0.05, 0.1) is 6.54 Å². The first-order valence-corrected chi connectivity index (χ1v) is 2.64. The standard InChI is InChI=1S/C5H12N2O/c1-4(7)2-5(8)3-6/h4H,2-3,6-7H2,1H3. The van der Waals surface area contributed by atoms with Crippen molar-refractivity contribution in [3.63, 3.8) is 0 Å². The SMILES string of the molecule is CC(N)CC(=O)CN. The lowest BCUT2D eigenvalue weighted by Crippen LogP contribution is -2.24. The molecule has 0 heterocycles. The zero-order valence-electron chi connectivity index (χ0n) is 5.05. The van der Waals surface area contributed by atoms with Crippen molar-refractivity contribution < 1.29 is 4.79 Å². The molecule has 0 aromatic rings. The van der Waals surface area contributed by atoms with E-state index in [0.29, 0.717) is 6.42 Å². The molecule has 0 aromatic heterocycles. The van der Waals surface area contributed by atoms with Crippen LogP contribution in [0.25, 0.3) is 0 Å². The first-order chi connectivity index (χ1) is 3.66. The monoisotopic (exact) mass is 116 g/mol. The summed E-state index contributed by atoms with van der Waals surface area (Å²) < 4.78 is 0. The minimum absolute atomic E-state index is 0.0278. The van der Waals surface area contributed by atoms with Gasteiger partial charge in [-0.3, -0.25) is 4.79 Å². The zero-order valence-corrected chi connectivity index (χ0v) is 5.05. The Kier molecular flexibility index (Phi) is 3.39. The number of hydrogen-bond donors (Lipinski definition) is 2. The van der Waals surface area contributed by atoms with Gasteiger partial charge in [0.25, 0.3) is 0 Å². The van der Waals surface area contributed by atoms with Crippen molar-refractivity contribution >= 4 is 5.78 Å². The van der Waals surface area contributed by atoms with Crippen molar-refractivity contribution in [2.45, 2.75) is 19.4 Å². The summed E-state index contributed by atoms with van der Waals surface area (Å²) in [6.07, 6.45) is 0.399. The quantitative estimate of drug-likeness (QED) is 0.510. The Labute approximate surface area is 49.0 Å². The van der Waals surface area contributed by atoms with Gasteiger partial charge >= 0.3 is 0 Å². The van der Waals surface area contributed by atoms with E-state index in [2.05, 4.69) is 0 Å². The summed E-state index contributed by atoms with van der Waals surface area (Å²) in [5.41, 5.74) is 10.3. The van der Waals surface area contributed by atoms with Crippen molar-refractivity contribution in [2.24, 2.45) is 11.5 Å². The second-order valence-electron chi connectivity index (χ2n) is 1.92. The average molecular weight is 116 g/mol. The third-order valence-electron chi connectivity index (χ3n) is 0.777. The summed E-state index contributed by atoms with van der Waals surface area (Å²) in [6, 6.07) is -0.0500. The van der Waals surface area contributed by atoms with Crippen LogP contribution in [0.3, 0.4) is 0 Å². The molecule has 1 atom stereocenters. The van der Waals surface area contributed by atoms with Crippen LogP contribution in [0.4, 0.5) is 0 Å². The van der Waals surface area contributed by atoms with E-state index in [0.717, 1.165) is 0 Å². The van der Waals surface area contributed by atoms with E-state index in [1.165, 1.54) is 0 Å². The topological polar surface area (TPSA) is 69.1 Å². The summed E-state index contributed by atoms with van der Waals surface area (Å²) in [7, 11) is 0. The van der Waals surface area contributed by atoms with Crippen LogP contribution in [0.5, 0.6) is 0 Å². The lowest BCUT2D eigenvalue weighted by Gasteiger charge is -1.99. The van der Waals surface area contributed by atoms with Crippen molar-refractivity contribution in [3.8, 4) is 0 Å². The molecule has 0 radical (unpaired) electrons. The molecule has 0 aliphatic rings. The van der Waals surface area contributed by atoms with Crippen LogP contribution < -0.4 is 11.5 Å². The van der Waals surface area contributed by atoms with Crippen LogP contribution in [0.15, 0.2) is 0 Å². The van der Waals surface area contributed by atoms with Crippen LogP contribution in [-0.4, -0.2) is 18.4 Å². The smallest absolute Gasteiger partial charge is 0.147 e. The summed E-state index contributed by atoms with van der Waals surface area (Å²) in [5, 5.41) is 0. The molecule has 0 spiro atoms. The molecule has 8 heavy (non-hydrogen) atoms. The lowest BCUT2D eigenvalue weighted by molar-refractivity contribution is -0.117. The van der Waals surface area contributed by atoms with E-state index < -0.39 is 0 Å². The Bertz CT molecular complexity index is 80.5. The second-order valence-corrected chi connectivity index (χ2v) is 1.92. The number of hydrogen-bond acceptors (Lipinski definition) is 3. The maximum Gasteiger partial charge on any atom is 0.147 e. The molecule has 0 amide bonds. The summed E-state index contributed by atoms with van der Waals surface area (Å²) >= 11 is 0. The van der Waals surface area contributed by atoms with E-state index in [1.54, 1.807) is 6.92 Å². The number of nitrogens with two attached hydrogens (primary N) is 2. The zero-order chi connectivity index (χ0) is 6.57. The molecular formula is C5H12N2O. The summed E-state index contributed by atoms with van der Waals surface area (Å²) in [6.45, 7) is 1.90. The fourth-order valence-corrected chi connectivity index (χ4v) is 0.442. The Balaban J connectivity index is 3.25. The Hall–Kier alpha value is -0.410. The van der Waals surface area contributed by atoms with Gasteiger partial charge < -0.3 is 11.5 Å². The molecule has 0 aliphatic carbocycles. The van der Waals surface area contributed by atoms with Crippen molar-refractivity contribution in [2.75, 3.05) is 6.54 Å². The van der Waals surface area contributed by atoms with E-state index in [4.69, 9.17) is 11.5 Å². The van der Waals surface area contributed by atoms with E-state index in [-0.39, 0.29) is 18.4 Å². The van der Waals surface area contributed by atoms with Crippen molar-refractivity contribution in [1.29, 1.82) is 0 Å². The van der Waals surface area contributed by atoms with E-state index in [9.17, 15) is 4.79 Å². The molecule has 0 fully saturated rings. The average Bonchev–Trinajstić information content (AvgIpc) is 1.65. The normalized spacial score (nSPS) is 13.4. The molecule has 0 saturated heterocycles. The highest BCUT2D eigenvalue weighted by Crippen LogP contribution is 1.84. The number of Topliss-reactive ketones (excluding diaryl/α,β-unsaturated/α-hetero) is 1. The highest BCUT2D eigenvalue weighted by molar-refractivity contribution is 5.80. The van der Waals surface area contributed by atoms with Crippen LogP contribution >= 0.6 is 0 Å². The van der Waals surface area contributed by atoms with Gasteiger partial charge in [-0.2, -0.15) is 0 Å².